The minimum atomic E-state index is -0.138. The molecule has 0 saturated carbocycles. The number of anilines is 1. The predicted molar refractivity (Wildman–Crippen MR) is 131 cm³/mol. The molecule has 0 aliphatic heterocycles. The van der Waals surface area contributed by atoms with Crippen LogP contribution in [0.3, 0.4) is 0 Å². The molecule has 0 atom stereocenters. The molecule has 3 rings (SSSR count). The van der Waals surface area contributed by atoms with Crippen LogP contribution in [0.15, 0.2) is 48.5 Å². The highest BCUT2D eigenvalue weighted by Gasteiger charge is 2.15. The maximum Gasteiger partial charge on any atom is 0.255 e. The lowest BCUT2D eigenvalue weighted by Gasteiger charge is -2.16. The number of hydrogen-bond acceptors (Lipinski definition) is 3. The van der Waals surface area contributed by atoms with Crippen molar-refractivity contribution in [1.29, 1.82) is 0 Å². The molecule has 3 aromatic carbocycles. The van der Waals surface area contributed by atoms with Crippen LogP contribution in [-0.4, -0.2) is 12.5 Å². The number of ether oxygens (including phenoxy) is 2. The van der Waals surface area contributed by atoms with Crippen LogP contribution in [-0.2, 0) is 13.0 Å². The van der Waals surface area contributed by atoms with E-state index in [-0.39, 0.29) is 5.91 Å². The van der Waals surface area contributed by atoms with Gasteiger partial charge in [0, 0.05) is 16.8 Å². The minimum absolute atomic E-state index is 0.138. The summed E-state index contributed by atoms with van der Waals surface area (Å²) in [6.45, 7) is 13.1. The Morgan fingerprint density at radius 1 is 0.844 bits per heavy atom. The quantitative estimate of drug-likeness (QED) is 0.431. The van der Waals surface area contributed by atoms with E-state index in [1.165, 1.54) is 5.56 Å². The summed E-state index contributed by atoms with van der Waals surface area (Å²) in [6, 6.07) is 15.8. The number of amides is 1. The van der Waals surface area contributed by atoms with Crippen molar-refractivity contribution in [2.24, 2.45) is 0 Å². The van der Waals surface area contributed by atoms with Gasteiger partial charge in [0.15, 0.2) is 0 Å². The number of nitrogens with one attached hydrogen (secondary N) is 1. The van der Waals surface area contributed by atoms with Gasteiger partial charge in [-0.05, 0) is 93.1 Å². The number of para-hydroxylation sites is 1. The zero-order valence-electron chi connectivity index (χ0n) is 20.0. The third-order valence-corrected chi connectivity index (χ3v) is 5.75. The Balaban J connectivity index is 1.87. The Labute approximate surface area is 191 Å². The van der Waals surface area contributed by atoms with Crippen molar-refractivity contribution in [3.8, 4) is 11.5 Å². The molecule has 0 spiro atoms. The van der Waals surface area contributed by atoms with Crippen LogP contribution in [0.5, 0.6) is 11.5 Å². The summed E-state index contributed by atoms with van der Waals surface area (Å²) in [6.07, 6.45) is 0.856. The fourth-order valence-electron chi connectivity index (χ4n) is 3.82. The van der Waals surface area contributed by atoms with E-state index in [0.717, 1.165) is 51.4 Å². The van der Waals surface area contributed by atoms with Gasteiger partial charge in [-0.25, -0.2) is 0 Å². The first-order chi connectivity index (χ1) is 15.3. The van der Waals surface area contributed by atoms with Crippen molar-refractivity contribution in [2.45, 2.75) is 54.6 Å². The molecule has 0 heterocycles. The predicted octanol–water partition coefficient (Wildman–Crippen LogP) is 6.71. The maximum atomic E-state index is 13.1. The molecule has 0 aliphatic rings. The van der Waals surface area contributed by atoms with Gasteiger partial charge in [-0.2, -0.15) is 0 Å². The number of aryl methyl sites for hydroxylation is 4. The van der Waals surface area contributed by atoms with Crippen LogP contribution < -0.4 is 14.8 Å². The molecule has 0 aromatic heterocycles. The first-order valence-corrected chi connectivity index (χ1v) is 11.2. The second kappa shape index (κ2) is 10.4. The lowest BCUT2D eigenvalue weighted by Crippen LogP contribution is -2.15. The zero-order chi connectivity index (χ0) is 23.3. The summed E-state index contributed by atoms with van der Waals surface area (Å²) in [5.41, 5.74) is 7.96. The van der Waals surface area contributed by atoms with E-state index < -0.39 is 0 Å². The fourth-order valence-corrected chi connectivity index (χ4v) is 3.82. The van der Waals surface area contributed by atoms with Gasteiger partial charge >= 0.3 is 0 Å². The first kappa shape index (κ1) is 23.4. The van der Waals surface area contributed by atoms with Gasteiger partial charge in [-0.1, -0.05) is 31.2 Å². The van der Waals surface area contributed by atoms with Crippen LogP contribution in [0.2, 0.25) is 0 Å². The summed E-state index contributed by atoms with van der Waals surface area (Å²) < 4.78 is 12.0. The second-order valence-corrected chi connectivity index (χ2v) is 8.17. The summed E-state index contributed by atoms with van der Waals surface area (Å²) in [7, 11) is 0. The van der Waals surface area contributed by atoms with Gasteiger partial charge in [0.1, 0.15) is 18.1 Å². The molecule has 1 amide bonds. The minimum Gasteiger partial charge on any atom is -0.493 e. The third-order valence-electron chi connectivity index (χ3n) is 5.75. The second-order valence-electron chi connectivity index (χ2n) is 8.17. The highest BCUT2D eigenvalue weighted by molar-refractivity contribution is 6.05. The molecule has 4 nitrogen and oxygen atoms in total. The Morgan fingerprint density at radius 3 is 2.34 bits per heavy atom. The van der Waals surface area contributed by atoms with Crippen molar-refractivity contribution < 1.29 is 14.3 Å². The highest BCUT2D eigenvalue weighted by Crippen LogP contribution is 2.28. The van der Waals surface area contributed by atoms with Crippen LogP contribution in [0.25, 0.3) is 0 Å². The summed E-state index contributed by atoms with van der Waals surface area (Å²) in [5, 5.41) is 3.10. The number of carbonyl (C=O) groups is 1. The third kappa shape index (κ3) is 5.31. The maximum absolute atomic E-state index is 13.1. The number of rotatable bonds is 8. The monoisotopic (exact) mass is 431 g/mol. The zero-order valence-corrected chi connectivity index (χ0v) is 20.0. The van der Waals surface area contributed by atoms with Crippen LogP contribution in [0.4, 0.5) is 5.69 Å². The molecular weight excluding hydrogens is 398 g/mol. The van der Waals surface area contributed by atoms with E-state index in [0.29, 0.717) is 18.8 Å². The van der Waals surface area contributed by atoms with Crippen molar-refractivity contribution in [1.82, 2.24) is 0 Å². The lowest BCUT2D eigenvalue weighted by molar-refractivity contribution is 0.102. The number of benzene rings is 3. The summed E-state index contributed by atoms with van der Waals surface area (Å²) >= 11 is 0. The molecule has 1 N–H and O–H groups in total. The van der Waals surface area contributed by atoms with E-state index in [9.17, 15) is 4.79 Å². The molecular formula is C28H33NO3. The highest BCUT2D eigenvalue weighted by atomic mass is 16.5. The van der Waals surface area contributed by atoms with Crippen LogP contribution in [0, 0.1) is 27.7 Å². The van der Waals surface area contributed by atoms with Gasteiger partial charge < -0.3 is 14.8 Å². The van der Waals surface area contributed by atoms with Crippen molar-refractivity contribution in [2.75, 3.05) is 11.9 Å². The van der Waals surface area contributed by atoms with E-state index in [1.54, 1.807) is 6.07 Å². The largest absolute Gasteiger partial charge is 0.493 e. The molecule has 4 heteroatoms. The molecule has 0 aliphatic carbocycles. The number of hydrogen-bond donors (Lipinski definition) is 1. The average Bonchev–Trinajstić information content (AvgIpc) is 2.77. The van der Waals surface area contributed by atoms with Gasteiger partial charge in [0.25, 0.3) is 5.91 Å². The average molecular weight is 432 g/mol. The van der Waals surface area contributed by atoms with E-state index in [2.05, 4.69) is 39.1 Å². The van der Waals surface area contributed by atoms with E-state index >= 15 is 0 Å². The van der Waals surface area contributed by atoms with Gasteiger partial charge in [-0.3, -0.25) is 4.79 Å². The van der Waals surface area contributed by atoms with Gasteiger partial charge in [0.05, 0.1) is 6.61 Å². The van der Waals surface area contributed by atoms with E-state index in [1.807, 2.05) is 50.2 Å². The molecule has 32 heavy (non-hydrogen) atoms. The van der Waals surface area contributed by atoms with Crippen LogP contribution in [0.1, 0.15) is 57.6 Å². The Morgan fingerprint density at radius 2 is 1.62 bits per heavy atom. The summed E-state index contributed by atoms with van der Waals surface area (Å²) in [5.74, 6) is 1.45. The first-order valence-electron chi connectivity index (χ1n) is 11.2. The van der Waals surface area contributed by atoms with Crippen molar-refractivity contribution >= 4 is 11.6 Å². The smallest absolute Gasteiger partial charge is 0.255 e. The standard InChI is InChI=1S/C28H33NO3/c1-7-22-11-9-10-19(4)27(22)29-28(30)23-12-13-25(31-8-2)24(16-23)17-32-26-15-18(3)14-20(5)21(26)6/h9-16H,7-8,17H2,1-6H3,(H,29,30). The van der Waals surface area contributed by atoms with E-state index in [4.69, 9.17) is 9.47 Å². The SMILES string of the molecule is CCOc1ccc(C(=O)Nc2c(C)cccc2CC)cc1COc1cc(C)cc(C)c1C. The normalized spacial score (nSPS) is 10.7. The number of carbonyl (C=O) groups excluding carboxylic acids is 1. The topological polar surface area (TPSA) is 47.6 Å². The molecule has 168 valence electrons. The lowest BCUT2D eigenvalue weighted by atomic mass is 10.0. The molecule has 0 saturated heterocycles. The Kier molecular flexibility index (Phi) is 7.57. The van der Waals surface area contributed by atoms with Gasteiger partial charge in [-0.15, -0.1) is 0 Å². The Bertz CT molecular complexity index is 1120. The molecule has 0 radical (unpaired) electrons. The molecule has 3 aromatic rings. The van der Waals surface area contributed by atoms with Crippen LogP contribution >= 0.6 is 0 Å². The van der Waals surface area contributed by atoms with Crippen molar-refractivity contribution in [3.05, 3.63) is 87.5 Å². The Hall–Kier alpha value is -3.27. The fraction of sp³-hybridized carbons (Fsp3) is 0.321. The van der Waals surface area contributed by atoms with Crippen molar-refractivity contribution in [3.63, 3.8) is 0 Å². The molecule has 0 bridgehead atoms. The molecule has 0 fully saturated rings. The molecule has 0 unspecified atom stereocenters. The van der Waals surface area contributed by atoms with Gasteiger partial charge in [0.2, 0.25) is 0 Å². The summed E-state index contributed by atoms with van der Waals surface area (Å²) in [4.78, 5) is 13.1.